The van der Waals surface area contributed by atoms with Crippen LogP contribution in [0.3, 0.4) is 0 Å². The van der Waals surface area contributed by atoms with Gasteiger partial charge < -0.3 is 9.84 Å². The van der Waals surface area contributed by atoms with Crippen molar-refractivity contribution in [2.75, 3.05) is 13.3 Å². The van der Waals surface area contributed by atoms with Crippen LogP contribution in [0.15, 0.2) is 34.7 Å². The Morgan fingerprint density at radius 1 is 1.37 bits per heavy atom. The molecule has 1 heterocycles. The van der Waals surface area contributed by atoms with E-state index >= 15 is 0 Å². The molecular weight excluding hydrogens is 390 g/mol. The number of amides is 1. The van der Waals surface area contributed by atoms with E-state index in [0.717, 1.165) is 28.8 Å². The zero-order valence-corrected chi connectivity index (χ0v) is 17.6. The molecule has 1 aliphatic heterocycles. The third-order valence-corrected chi connectivity index (χ3v) is 6.57. The minimum atomic E-state index is -1.29. The van der Waals surface area contributed by atoms with Crippen molar-refractivity contribution in [1.82, 2.24) is 4.90 Å². The highest BCUT2D eigenvalue weighted by Crippen LogP contribution is 2.36. The van der Waals surface area contributed by atoms with E-state index in [1.165, 1.54) is 12.1 Å². The standard InChI is InChI=1S/C18H24F2N2O3SSi/c1-18(13-6-5-7-14(19)15(13)20)8-10-26-16(21-18)22(17(23)24)12-25-9-11-27(2,3)4/h5-8,10H,9,11-12H2,1-4H3,(H,23,24). The number of benzene rings is 1. The first-order chi connectivity index (χ1) is 12.5. The monoisotopic (exact) mass is 414 g/mol. The second-order valence-electron chi connectivity index (χ2n) is 7.62. The molecular formula is C18H24F2N2O3SSi. The Hall–Kier alpha value is -1.71. The molecule has 148 valence electrons. The van der Waals surface area contributed by atoms with Gasteiger partial charge >= 0.3 is 6.09 Å². The van der Waals surface area contributed by atoms with Gasteiger partial charge in [0.1, 0.15) is 12.3 Å². The fourth-order valence-electron chi connectivity index (χ4n) is 2.38. The van der Waals surface area contributed by atoms with Gasteiger partial charge in [-0.1, -0.05) is 43.5 Å². The van der Waals surface area contributed by atoms with Gasteiger partial charge in [-0.3, -0.25) is 0 Å². The molecule has 0 saturated carbocycles. The van der Waals surface area contributed by atoms with Crippen molar-refractivity contribution in [2.24, 2.45) is 4.99 Å². The van der Waals surface area contributed by atoms with E-state index in [1.54, 1.807) is 18.4 Å². The molecule has 0 spiro atoms. The number of nitrogens with zero attached hydrogens (tertiary/aromatic N) is 2. The molecule has 0 radical (unpaired) electrons. The van der Waals surface area contributed by atoms with Crippen LogP contribution in [-0.2, 0) is 10.3 Å². The Morgan fingerprint density at radius 2 is 2.07 bits per heavy atom. The third kappa shape index (κ3) is 5.63. The molecule has 0 fully saturated rings. The van der Waals surface area contributed by atoms with Gasteiger partial charge in [0.15, 0.2) is 16.8 Å². The molecule has 0 aliphatic carbocycles. The molecule has 5 nitrogen and oxygen atoms in total. The molecule has 1 atom stereocenters. The largest absolute Gasteiger partial charge is 0.465 e. The molecule has 1 amide bonds. The van der Waals surface area contributed by atoms with Crippen molar-refractivity contribution in [2.45, 2.75) is 38.1 Å². The second kappa shape index (κ2) is 8.53. The molecule has 1 unspecified atom stereocenters. The molecule has 2 rings (SSSR count). The van der Waals surface area contributed by atoms with Crippen molar-refractivity contribution in [3.8, 4) is 0 Å². The minimum Gasteiger partial charge on any atom is -0.465 e. The number of halogens is 2. The predicted octanol–water partition coefficient (Wildman–Crippen LogP) is 5.09. The predicted molar refractivity (Wildman–Crippen MR) is 107 cm³/mol. The van der Waals surface area contributed by atoms with Crippen LogP contribution >= 0.6 is 11.8 Å². The maximum Gasteiger partial charge on any atom is 0.415 e. The van der Waals surface area contributed by atoms with E-state index in [2.05, 4.69) is 24.6 Å². The highest BCUT2D eigenvalue weighted by atomic mass is 32.2. The molecule has 0 bridgehead atoms. The molecule has 27 heavy (non-hydrogen) atoms. The van der Waals surface area contributed by atoms with Crippen molar-refractivity contribution >= 4 is 31.1 Å². The summed E-state index contributed by atoms with van der Waals surface area (Å²) in [6.07, 6.45) is 0.400. The first kappa shape index (κ1) is 21.6. The first-order valence-corrected chi connectivity index (χ1v) is 13.1. The van der Waals surface area contributed by atoms with Gasteiger partial charge in [-0.05, 0) is 30.5 Å². The molecule has 1 aromatic carbocycles. The lowest BCUT2D eigenvalue weighted by molar-refractivity contribution is 0.0705. The summed E-state index contributed by atoms with van der Waals surface area (Å²) in [7, 11) is -1.29. The van der Waals surface area contributed by atoms with E-state index in [4.69, 9.17) is 4.74 Å². The highest BCUT2D eigenvalue weighted by Gasteiger charge is 2.33. The zero-order valence-electron chi connectivity index (χ0n) is 15.8. The Balaban J connectivity index is 2.21. The lowest BCUT2D eigenvalue weighted by Gasteiger charge is -2.30. The number of hydrogen-bond donors (Lipinski definition) is 1. The van der Waals surface area contributed by atoms with E-state index in [0.29, 0.717) is 6.61 Å². The van der Waals surface area contributed by atoms with Crippen LogP contribution in [-0.4, -0.2) is 42.7 Å². The van der Waals surface area contributed by atoms with Gasteiger partial charge in [-0.2, -0.15) is 0 Å². The van der Waals surface area contributed by atoms with Crippen molar-refractivity contribution < 1.29 is 23.4 Å². The number of aliphatic imine (C=N–C) groups is 1. The maximum atomic E-state index is 14.2. The summed E-state index contributed by atoms with van der Waals surface area (Å²) >= 11 is 1.10. The third-order valence-electron chi connectivity index (χ3n) is 4.07. The van der Waals surface area contributed by atoms with Crippen LogP contribution in [0.4, 0.5) is 13.6 Å². The SMILES string of the molecule is CC1(c2cccc(F)c2F)C=CSC(N(COCC[Si](C)(C)C)C(=O)O)=N1. The van der Waals surface area contributed by atoms with Crippen molar-refractivity contribution in [1.29, 1.82) is 0 Å². The second-order valence-corrected chi connectivity index (χ2v) is 14.1. The van der Waals surface area contributed by atoms with Gasteiger partial charge in [0.05, 0.1) is 0 Å². The van der Waals surface area contributed by atoms with Crippen LogP contribution in [0.2, 0.25) is 25.7 Å². The molecule has 0 saturated heterocycles. The quantitative estimate of drug-likeness (QED) is 0.400. The Kier molecular flexibility index (Phi) is 6.82. The number of ether oxygens (including phenoxy) is 1. The number of carboxylic acid groups (broad SMARTS) is 1. The van der Waals surface area contributed by atoms with Crippen LogP contribution in [0.1, 0.15) is 12.5 Å². The van der Waals surface area contributed by atoms with E-state index in [9.17, 15) is 18.7 Å². The van der Waals surface area contributed by atoms with Gasteiger partial charge in [0.25, 0.3) is 0 Å². The summed E-state index contributed by atoms with van der Waals surface area (Å²) in [5.74, 6) is -1.96. The number of thioether (sulfide) groups is 1. The van der Waals surface area contributed by atoms with E-state index in [1.807, 2.05) is 0 Å². The molecule has 9 heteroatoms. The Bertz CT molecular complexity index is 767. The number of carbonyl (C=O) groups is 1. The molecule has 0 aromatic heterocycles. The minimum absolute atomic E-state index is 0.0431. The zero-order chi connectivity index (χ0) is 20.2. The van der Waals surface area contributed by atoms with Gasteiger partial charge in [-0.25, -0.2) is 23.5 Å². The van der Waals surface area contributed by atoms with Crippen LogP contribution < -0.4 is 0 Å². The van der Waals surface area contributed by atoms with Gasteiger partial charge in [0.2, 0.25) is 0 Å². The summed E-state index contributed by atoms with van der Waals surface area (Å²) in [5, 5.41) is 11.3. The average Bonchev–Trinajstić information content (AvgIpc) is 2.55. The smallest absolute Gasteiger partial charge is 0.415 e. The first-order valence-electron chi connectivity index (χ1n) is 8.50. The van der Waals surface area contributed by atoms with Crippen molar-refractivity contribution in [3.63, 3.8) is 0 Å². The number of rotatable bonds is 6. The summed E-state index contributed by atoms with van der Waals surface area (Å²) in [6.45, 7) is 8.51. The van der Waals surface area contributed by atoms with E-state index in [-0.39, 0.29) is 17.5 Å². The Morgan fingerprint density at radius 3 is 2.70 bits per heavy atom. The van der Waals surface area contributed by atoms with E-state index < -0.39 is 31.3 Å². The lowest BCUT2D eigenvalue weighted by Crippen LogP contribution is -2.39. The fraction of sp³-hybridized carbons (Fsp3) is 0.444. The summed E-state index contributed by atoms with van der Waals surface area (Å²) in [5.41, 5.74) is -1.17. The van der Waals surface area contributed by atoms with Gasteiger partial charge in [-0.15, -0.1) is 0 Å². The van der Waals surface area contributed by atoms with Crippen LogP contribution in [0.25, 0.3) is 0 Å². The normalized spacial score (nSPS) is 19.7. The molecule has 1 N–H and O–H groups in total. The van der Waals surface area contributed by atoms with Crippen LogP contribution in [0.5, 0.6) is 0 Å². The summed E-state index contributed by atoms with van der Waals surface area (Å²) in [4.78, 5) is 17.0. The summed E-state index contributed by atoms with van der Waals surface area (Å²) in [6, 6.07) is 4.78. The highest BCUT2D eigenvalue weighted by molar-refractivity contribution is 8.16. The lowest BCUT2D eigenvalue weighted by atomic mass is 9.92. The topological polar surface area (TPSA) is 62.1 Å². The molecule has 1 aromatic rings. The number of hydrogen-bond acceptors (Lipinski definition) is 4. The fourth-order valence-corrected chi connectivity index (χ4v) is 4.10. The summed E-state index contributed by atoms with van der Waals surface area (Å²) < 4.78 is 33.4. The van der Waals surface area contributed by atoms with Crippen molar-refractivity contribution in [3.05, 3.63) is 46.9 Å². The Labute approximate surface area is 163 Å². The molecule has 1 aliphatic rings. The average molecular weight is 415 g/mol. The number of amidine groups is 1. The van der Waals surface area contributed by atoms with Gasteiger partial charge in [0, 0.05) is 20.2 Å². The van der Waals surface area contributed by atoms with Crippen LogP contribution in [0, 0.1) is 11.6 Å². The maximum absolute atomic E-state index is 14.2.